The number of aliphatic carboxylic acids is 1. The Morgan fingerprint density at radius 3 is 1.89 bits per heavy atom. The van der Waals surface area contributed by atoms with Gasteiger partial charge in [0, 0.05) is 0 Å². The molecule has 1 aromatic rings. The van der Waals surface area contributed by atoms with E-state index in [1.54, 1.807) is 12.1 Å². The smallest absolute Gasteiger partial charge is 0.320 e. The van der Waals surface area contributed by atoms with Crippen molar-refractivity contribution in [2.75, 3.05) is 6.61 Å². The van der Waals surface area contributed by atoms with Crippen molar-refractivity contribution < 1.29 is 24.5 Å². The SMILES string of the molecule is CCCCOC(=O)C(Cc1cc(C(C)(C)C)c(O)c(C(C)(C)C)c1)C(=O)O. The summed E-state index contributed by atoms with van der Waals surface area (Å²) in [6.45, 7) is 14.2. The third-order valence-corrected chi connectivity index (χ3v) is 4.55. The predicted molar refractivity (Wildman–Crippen MR) is 106 cm³/mol. The van der Waals surface area contributed by atoms with E-state index in [-0.39, 0.29) is 29.6 Å². The molecule has 0 aliphatic carbocycles. The number of carboxylic acid groups (broad SMARTS) is 1. The van der Waals surface area contributed by atoms with Crippen LogP contribution in [0.5, 0.6) is 5.75 Å². The van der Waals surface area contributed by atoms with Gasteiger partial charge in [-0.2, -0.15) is 0 Å². The molecule has 0 saturated heterocycles. The van der Waals surface area contributed by atoms with E-state index in [0.29, 0.717) is 12.0 Å². The van der Waals surface area contributed by atoms with Gasteiger partial charge >= 0.3 is 11.9 Å². The standard InChI is InChI=1S/C22H34O5/c1-8-9-10-27-20(26)15(19(24)25)11-14-12-16(21(2,3)4)18(23)17(13-14)22(5,6)7/h12-13,15,23H,8-11H2,1-7H3,(H,24,25). The number of hydrogen-bond acceptors (Lipinski definition) is 4. The van der Waals surface area contributed by atoms with E-state index >= 15 is 0 Å². The van der Waals surface area contributed by atoms with Gasteiger partial charge < -0.3 is 14.9 Å². The van der Waals surface area contributed by atoms with Gasteiger partial charge in [0.15, 0.2) is 5.92 Å². The second kappa shape index (κ2) is 8.77. The second-order valence-electron chi connectivity index (χ2n) is 9.16. The average Bonchev–Trinajstić information content (AvgIpc) is 2.51. The van der Waals surface area contributed by atoms with Gasteiger partial charge in [-0.3, -0.25) is 9.59 Å². The first kappa shape index (κ1) is 23.0. The van der Waals surface area contributed by atoms with Crippen LogP contribution in [0.15, 0.2) is 12.1 Å². The Bertz CT molecular complexity index is 642. The summed E-state index contributed by atoms with van der Waals surface area (Å²) in [6, 6.07) is 3.61. The topological polar surface area (TPSA) is 83.8 Å². The molecule has 0 saturated carbocycles. The molecule has 5 heteroatoms. The summed E-state index contributed by atoms with van der Waals surface area (Å²) in [6.07, 6.45) is 1.61. The zero-order chi connectivity index (χ0) is 21.0. The summed E-state index contributed by atoms with van der Waals surface area (Å²) in [4.78, 5) is 23.9. The molecule has 0 amide bonds. The summed E-state index contributed by atoms with van der Waals surface area (Å²) in [7, 11) is 0. The maximum Gasteiger partial charge on any atom is 0.320 e. The number of rotatable bonds is 7. The summed E-state index contributed by atoms with van der Waals surface area (Å²) in [5.74, 6) is -2.93. The number of unbranched alkanes of at least 4 members (excludes halogenated alkanes) is 1. The van der Waals surface area contributed by atoms with Crippen LogP contribution in [-0.2, 0) is 31.6 Å². The van der Waals surface area contributed by atoms with Gasteiger partial charge in [0.25, 0.3) is 0 Å². The van der Waals surface area contributed by atoms with Gasteiger partial charge in [-0.25, -0.2) is 0 Å². The fraction of sp³-hybridized carbons (Fsp3) is 0.636. The van der Waals surface area contributed by atoms with Crippen LogP contribution in [0.3, 0.4) is 0 Å². The minimum Gasteiger partial charge on any atom is -0.507 e. The van der Waals surface area contributed by atoms with Crippen molar-refractivity contribution in [3.8, 4) is 5.75 Å². The molecular weight excluding hydrogens is 344 g/mol. The van der Waals surface area contributed by atoms with Crippen LogP contribution in [0, 0.1) is 5.92 Å². The lowest BCUT2D eigenvalue weighted by Crippen LogP contribution is -2.28. The summed E-state index contributed by atoms with van der Waals surface area (Å²) in [5, 5.41) is 20.3. The molecule has 1 atom stereocenters. The highest BCUT2D eigenvalue weighted by atomic mass is 16.5. The Hall–Kier alpha value is -2.04. The number of aromatic hydroxyl groups is 1. The Morgan fingerprint density at radius 2 is 1.52 bits per heavy atom. The minimum absolute atomic E-state index is 0.0345. The van der Waals surface area contributed by atoms with Crippen molar-refractivity contribution in [3.63, 3.8) is 0 Å². The van der Waals surface area contributed by atoms with E-state index in [0.717, 1.165) is 17.5 Å². The molecule has 0 aromatic heterocycles. The third-order valence-electron chi connectivity index (χ3n) is 4.55. The summed E-state index contributed by atoms with van der Waals surface area (Å²) >= 11 is 0. The summed E-state index contributed by atoms with van der Waals surface area (Å²) < 4.78 is 5.13. The number of carboxylic acids is 1. The lowest BCUT2D eigenvalue weighted by molar-refractivity contribution is -0.158. The zero-order valence-corrected chi connectivity index (χ0v) is 17.7. The average molecular weight is 379 g/mol. The highest BCUT2D eigenvalue weighted by Crippen LogP contribution is 2.40. The second-order valence-corrected chi connectivity index (χ2v) is 9.16. The minimum atomic E-state index is -1.26. The maximum atomic E-state index is 12.2. The highest BCUT2D eigenvalue weighted by molar-refractivity contribution is 5.94. The highest BCUT2D eigenvalue weighted by Gasteiger charge is 2.31. The number of esters is 1. The van der Waals surface area contributed by atoms with Gasteiger partial charge in [-0.15, -0.1) is 0 Å². The molecule has 0 bridgehead atoms. The van der Waals surface area contributed by atoms with Gasteiger partial charge in [0.05, 0.1) is 6.61 Å². The largest absolute Gasteiger partial charge is 0.507 e. The molecule has 2 N–H and O–H groups in total. The van der Waals surface area contributed by atoms with Gasteiger partial charge in [0.2, 0.25) is 0 Å². The number of carbonyl (C=O) groups excluding carboxylic acids is 1. The van der Waals surface area contributed by atoms with Crippen molar-refractivity contribution in [1.82, 2.24) is 0 Å². The monoisotopic (exact) mass is 378 g/mol. The molecule has 152 valence electrons. The van der Waals surface area contributed by atoms with E-state index in [4.69, 9.17) is 4.74 Å². The fourth-order valence-electron chi connectivity index (χ4n) is 2.88. The number of ether oxygens (including phenoxy) is 1. The van der Waals surface area contributed by atoms with Gasteiger partial charge in [0.1, 0.15) is 5.75 Å². The molecule has 0 aliphatic heterocycles. The van der Waals surface area contributed by atoms with Crippen molar-refractivity contribution in [3.05, 3.63) is 28.8 Å². The Kier molecular flexibility index (Phi) is 7.47. The Balaban J connectivity index is 3.31. The molecule has 5 nitrogen and oxygen atoms in total. The molecule has 0 spiro atoms. The molecule has 0 aliphatic rings. The fourth-order valence-corrected chi connectivity index (χ4v) is 2.88. The first-order chi connectivity index (χ1) is 12.3. The number of phenols is 1. The van der Waals surface area contributed by atoms with Crippen LogP contribution in [0.4, 0.5) is 0 Å². The Labute approximate surface area is 162 Å². The van der Waals surface area contributed by atoms with E-state index in [1.807, 2.05) is 48.5 Å². The molecule has 0 fully saturated rings. The number of phenolic OH excluding ortho intramolecular Hbond substituents is 1. The first-order valence-corrected chi connectivity index (χ1v) is 9.55. The van der Waals surface area contributed by atoms with Crippen LogP contribution < -0.4 is 0 Å². The molecule has 1 aromatic carbocycles. The molecule has 0 radical (unpaired) electrons. The van der Waals surface area contributed by atoms with Crippen molar-refractivity contribution in [2.24, 2.45) is 5.92 Å². The lowest BCUT2D eigenvalue weighted by atomic mass is 9.77. The van der Waals surface area contributed by atoms with Gasteiger partial charge in [-0.05, 0) is 40.4 Å². The Morgan fingerprint density at radius 1 is 1.04 bits per heavy atom. The lowest BCUT2D eigenvalue weighted by Gasteiger charge is -2.28. The number of carbonyl (C=O) groups is 2. The number of hydrogen-bond donors (Lipinski definition) is 2. The third kappa shape index (κ3) is 6.26. The van der Waals surface area contributed by atoms with Crippen molar-refractivity contribution >= 4 is 11.9 Å². The van der Waals surface area contributed by atoms with Crippen molar-refractivity contribution in [2.45, 2.75) is 78.6 Å². The van der Waals surface area contributed by atoms with Crippen LogP contribution in [0.2, 0.25) is 0 Å². The molecule has 0 heterocycles. The zero-order valence-electron chi connectivity index (χ0n) is 17.7. The number of benzene rings is 1. The molecular formula is C22H34O5. The molecule has 1 rings (SSSR count). The van der Waals surface area contributed by atoms with Crippen LogP contribution in [0.25, 0.3) is 0 Å². The first-order valence-electron chi connectivity index (χ1n) is 9.55. The van der Waals surface area contributed by atoms with Crippen LogP contribution in [0.1, 0.15) is 78.0 Å². The molecule has 1 unspecified atom stereocenters. The predicted octanol–water partition coefficient (Wildman–Crippen LogP) is 4.57. The van der Waals surface area contributed by atoms with E-state index in [2.05, 4.69) is 0 Å². The van der Waals surface area contributed by atoms with E-state index in [1.165, 1.54) is 0 Å². The van der Waals surface area contributed by atoms with E-state index in [9.17, 15) is 19.8 Å². The van der Waals surface area contributed by atoms with Crippen LogP contribution >= 0.6 is 0 Å². The molecule has 27 heavy (non-hydrogen) atoms. The van der Waals surface area contributed by atoms with E-state index < -0.39 is 17.9 Å². The normalized spacial score (nSPS) is 13.3. The summed E-state index contributed by atoms with van der Waals surface area (Å²) in [5.41, 5.74) is 1.56. The quantitative estimate of drug-likeness (QED) is 0.412. The van der Waals surface area contributed by atoms with Gasteiger partial charge in [-0.1, -0.05) is 67.0 Å². The van der Waals surface area contributed by atoms with Crippen LogP contribution in [-0.4, -0.2) is 28.8 Å². The maximum absolute atomic E-state index is 12.2. The van der Waals surface area contributed by atoms with Crippen molar-refractivity contribution in [1.29, 1.82) is 0 Å².